The lowest BCUT2D eigenvalue weighted by Gasteiger charge is -2.10. The zero-order valence-electron chi connectivity index (χ0n) is 19.6. The number of ether oxygens (including phenoxy) is 4. The Hall–Kier alpha value is -1.18. The molecular formula is C23H44N3O5. The second-order valence-corrected chi connectivity index (χ2v) is 7.51. The summed E-state index contributed by atoms with van der Waals surface area (Å²) in [6.07, 6.45) is 14.3. The number of nitrogens with zero attached hydrogens (tertiary/aromatic N) is 3. The SMILES string of the molecule is CCCCCCCCCCC[C](C=O)CCOCCOCCOCCOCCN=[N+]=[N-]. The van der Waals surface area contributed by atoms with E-state index in [1.807, 2.05) is 0 Å². The Balaban J connectivity index is 3.28. The molecule has 0 aromatic carbocycles. The van der Waals surface area contributed by atoms with Crippen molar-refractivity contribution >= 4 is 6.29 Å². The molecule has 0 aliphatic heterocycles. The summed E-state index contributed by atoms with van der Waals surface area (Å²) >= 11 is 0. The molecule has 0 heterocycles. The summed E-state index contributed by atoms with van der Waals surface area (Å²) in [6, 6.07) is 0. The highest BCUT2D eigenvalue weighted by Crippen LogP contribution is 2.16. The summed E-state index contributed by atoms with van der Waals surface area (Å²) in [6.45, 7) is 6.56. The average Bonchev–Trinajstić information content (AvgIpc) is 2.79. The van der Waals surface area contributed by atoms with Crippen LogP contribution in [0.5, 0.6) is 0 Å². The Kier molecular flexibility index (Phi) is 25.8. The third-order valence-electron chi connectivity index (χ3n) is 4.85. The molecule has 8 heteroatoms. The van der Waals surface area contributed by atoms with E-state index in [1.165, 1.54) is 51.4 Å². The summed E-state index contributed by atoms with van der Waals surface area (Å²) < 4.78 is 21.6. The van der Waals surface area contributed by atoms with Gasteiger partial charge in [-0.05, 0) is 18.4 Å². The van der Waals surface area contributed by atoms with Crippen LogP contribution >= 0.6 is 0 Å². The van der Waals surface area contributed by atoms with Crippen LogP contribution in [0.25, 0.3) is 10.4 Å². The largest absolute Gasteiger partial charge is 0.379 e. The van der Waals surface area contributed by atoms with E-state index in [0.29, 0.717) is 65.8 Å². The molecule has 31 heavy (non-hydrogen) atoms. The lowest BCUT2D eigenvalue weighted by molar-refractivity contribution is -0.107. The van der Waals surface area contributed by atoms with Crippen molar-refractivity contribution in [3.8, 4) is 0 Å². The summed E-state index contributed by atoms with van der Waals surface area (Å²) in [5.74, 6) is 0.957. The number of hydrogen-bond donors (Lipinski definition) is 0. The zero-order chi connectivity index (χ0) is 22.7. The van der Waals surface area contributed by atoms with Crippen LogP contribution in [0.2, 0.25) is 0 Å². The van der Waals surface area contributed by atoms with Gasteiger partial charge in [0.1, 0.15) is 6.29 Å². The molecule has 0 saturated heterocycles. The molecule has 0 aliphatic carbocycles. The molecule has 0 aromatic heterocycles. The first-order chi connectivity index (χ1) is 15.3. The molecule has 0 rings (SSSR count). The van der Waals surface area contributed by atoms with Gasteiger partial charge in [-0.25, -0.2) is 0 Å². The van der Waals surface area contributed by atoms with Gasteiger partial charge in [0.15, 0.2) is 0 Å². The van der Waals surface area contributed by atoms with Crippen LogP contribution in [0.3, 0.4) is 0 Å². The number of rotatable bonds is 26. The van der Waals surface area contributed by atoms with Gasteiger partial charge in [-0.3, -0.25) is 0 Å². The summed E-state index contributed by atoms with van der Waals surface area (Å²) in [7, 11) is 0. The van der Waals surface area contributed by atoms with Crippen LogP contribution in [0.15, 0.2) is 5.11 Å². The number of carbonyl (C=O) groups excluding carboxylic acids is 1. The van der Waals surface area contributed by atoms with Crippen molar-refractivity contribution in [2.45, 2.75) is 77.6 Å². The Bertz CT molecular complexity index is 420. The fraction of sp³-hybridized carbons (Fsp3) is 0.913. The molecule has 0 spiro atoms. The molecule has 0 N–H and O–H groups in total. The lowest BCUT2D eigenvalue weighted by Crippen LogP contribution is -2.13. The van der Waals surface area contributed by atoms with Crippen LogP contribution in [-0.2, 0) is 23.7 Å². The maximum Gasteiger partial charge on any atom is 0.127 e. The minimum absolute atomic E-state index is 0.338. The van der Waals surface area contributed by atoms with E-state index in [1.54, 1.807) is 0 Å². The first-order valence-electron chi connectivity index (χ1n) is 12.0. The number of carbonyl (C=O) groups is 1. The van der Waals surface area contributed by atoms with Crippen molar-refractivity contribution in [3.05, 3.63) is 16.4 Å². The van der Waals surface area contributed by atoms with Crippen LogP contribution in [0.1, 0.15) is 77.6 Å². The fourth-order valence-electron chi connectivity index (χ4n) is 3.02. The molecule has 0 unspecified atom stereocenters. The zero-order valence-corrected chi connectivity index (χ0v) is 19.6. The van der Waals surface area contributed by atoms with E-state index >= 15 is 0 Å². The van der Waals surface area contributed by atoms with E-state index in [9.17, 15) is 4.79 Å². The maximum absolute atomic E-state index is 11.2. The van der Waals surface area contributed by atoms with Gasteiger partial charge in [0.05, 0.1) is 46.2 Å². The summed E-state index contributed by atoms with van der Waals surface area (Å²) in [5, 5.41) is 3.37. The first-order valence-corrected chi connectivity index (χ1v) is 12.0. The highest BCUT2D eigenvalue weighted by Gasteiger charge is 2.07. The molecular weight excluding hydrogens is 398 g/mol. The third-order valence-corrected chi connectivity index (χ3v) is 4.85. The maximum atomic E-state index is 11.2. The van der Waals surface area contributed by atoms with Gasteiger partial charge in [0.25, 0.3) is 0 Å². The molecule has 8 nitrogen and oxygen atoms in total. The molecule has 1 radical (unpaired) electrons. The molecule has 0 fully saturated rings. The third kappa shape index (κ3) is 25.0. The highest BCUT2D eigenvalue weighted by molar-refractivity contribution is 5.68. The number of azide groups is 1. The topological polar surface area (TPSA) is 103 Å². The van der Waals surface area contributed by atoms with Crippen LogP contribution < -0.4 is 0 Å². The van der Waals surface area contributed by atoms with Crippen molar-refractivity contribution < 1.29 is 23.7 Å². The fourth-order valence-corrected chi connectivity index (χ4v) is 3.02. The molecule has 181 valence electrons. The standard InChI is InChI=1S/C23H44N3O5/c1-2-3-4-5-6-7-8-9-10-11-23(22-27)12-14-28-16-18-30-20-21-31-19-17-29-15-13-25-26-24/h22H,2-21H2,1H3. The van der Waals surface area contributed by atoms with Crippen molar-refractivity contribution in [3.63, 3.8) is 0 Å². The second-order valence-electron chi connectivity index (χ2n) is 7.51. The van der Waals surface area contributed by atoms with E-state index in [0.717, 1.165) is 25.0 Å². The number of aldehydes is 1. The minimum Gasteiger partial charge on any atom is -0.379 e. The Morgan fingerprint density at radius 3 is 1.71 bits per heavy atom. The van der Waals surface area contributed by atoms with Gasteiger partial charge in [-0.2, -0.15) is 0 Å². The quantitative estimate of drug-likeness (QED) is 0.0583. The first kappa shape index (κ1) is 29.8. The Labute approximate surface area is 189 Å². The van der Waals surface area contributed by atoms with Gasteiger partial charge < -0.3 is 23.7 Å². The smallest absolute Gasteiger partial charge is 0.127 e. The summed E-state index contributed by atoms with van der Waals surface area (Å²) in [5.41, 5.74) is 8.11. The van der Waals surface area contributed by atoms with Crippen LogP contribution in [0, 0.1) is 5.92 Å². The van der Waals surface area contributed by atoms with E-state index in [-0.39, 0.29) is 0 Å². The molecule has 0 saturated carbocycles. The van der Waals surface area contributed by atoms with Gasteiger partial charge in [0.2, 0.25) is 0 Å². The minimum atomic E-state index is 0.338. The van der Waals surface area contributed by atoms with E-state index in [4.69, 9.17) is 24.5 Å². The van der Waals surface area contributed by atoms with Gasteiger partial charge in [0, 0.05) is 24.0 Å². The van der Waals surface area contributed by atoms with Crippen molar-refractivity contribution in [2.24, 2.45) is 5.11 Å². The Morgan fingerprint density at radius 2 is 1.19 bits per heavy atom. The molecule has 0 aromatic rings. The van der Waals surface area contributed by atoms with Crippen LogP contribution in [-0.4, -0.2) is 65.7 Å². The predicted octanol–water partition coefficient (Wildman–Crippen LogP) is 5.45. The summed E-state index contributed by atoms with van der Waals surface area (Å²) in [4.78, 5) is 13.8. The second kappa shape index (κ2) is 26.9. The lowest BCUT2D eigenvalue weighted by atomic mass is 9.98. The molecule has 0 atom stereocenters. The van der Waals surface area contributed by atoms with Crippen molar-refractivity contribution in [1.82, 2.24) is 0 Å². The average molecular weight is 443 g/mol. The normalized spacial score (nSPS) is 11.0. The Morgan fingerprint density at radius 1 is 0.710 bits per heavy atom. The number of unbranched alkanes of at least 4 members (excludes halogenated alkanes) is 8. The van der Waals surface area contributed by atoms with Gasteiger partial charge in [-0.1, -0.05) is 69.8 Å². The highest BCUT2D eigenvalue weighted by atomic mass is 16.6. The van der Waals surface area contributed by atoms with E-state index < -0.39 is 0 Å². The van der Waals surface area contributed by atoms with Crippen molar-refractivity contribution in [1.29, 1.82) is 0 Å². The van der Waals surface area contributed by atoms with Gasteiger partial charge in [-0.15, -0.1) is 0 Å². The van der Waals surface area contributed by atoms with E-state index in [2.05, 4.69) is 16.9 Å². The van der Waals surface area contributed by atoms with Crippen molar-refractivity contribution in [2.75, 3.05) is 59.4 Å². The number of hydrogen-bond acceptors (Lipinski definition) is 6. The molecule has 0 aliphatic rings. The molecule has 0 bridgehead atoms. The van der Waals surface area contributed by atoms with Crippen LogP contribution in [0.4, 0.5) is 0 Å². The predicted molar refractivity (Wildman–Crippen MR) is 123 cm³/mol. The monoisotopic (exact) mass is 442 g/mol. The van der Waals surface area contributed by atoms with Gasteiger partial charge >= 0.3 is 0 Å². The molecule has 0 amide bonds.